The molecule has 0 unspecified atom stereocenters. The van der Waals surface area contributed by atoms with Crippen LogP contribution in [0.3, 0.4) is 0 Å². The summed E-state index contributed by atoms with van der Waals surface area (Å²) in [4.78, 5) is 14.5. The van der Waals surface area contributed by atoms with Gasteiger partial charge in [0.25, 0.3) is 5.91 Å². The lowest BCUT2D eigenvalue weighted by Crippen LogP contribution is -2.48. The van der Waals surface area contributed by atoms with E-state index >= 15 is 0 Å². The van der Waals surface area contributed by atoms with Crippen molar-refractivity contribution >= 4 is 5.91 Å². The van der Waals surface area contributed by atoms with Crippen molar-refractivity contribution in [1.29, 1.82) is 0 Å². The number of carbonyl (C=O) groups excluding carboxylic acids is 1. The number of ether oxygens (including phenoxy) is 1. The van der Waals surface area contributed by atoms with Gasteiger partial charge in [-0.2, -0.15) is 0 Å². The lowest BCUT2D eigenvalue weighted by atomic mass is 10.0. The Morgan fingerprint density at radius 1 is 1.32 bits per heavy atom. The van der Waals surface area contributed by atoms with E-state index in [9.17, 15) is 4.79 Å². The number of carbonyl (C=O) groups is 1. The molecule has 0 saturated carbocycles. The maximum Gasteiger partial charge on any atom is 0.254 e. The van der Waals surface area contributed by atoms with Crippen LogP contribution >= 0.6 is 0 Å². The summed E-state index contributed by atoms with van der Waals surface area (Å²) in [5.41, 5.74) is 7.41. The fraction of sp³-hybridized carbons (Fsp3) is 0.533. The van der Waals surface area contributed by atoms with E-state index in [0.29, 0.717) is 19.6 Å². The highest BCUT2D eigenvalue weighted by Gasteiger charge is 2.27. The topological polar surface area (TPSA) is 55.6 Å². The highest BCUT2D eigenvalue weighted by Crippen LogP contribution is 2.17. The number of hydrogen-bond acceptors (Lipinski definition) is 3. The molecule has 1 aromatic carbocycles. The molecule has 1 aromatic rings. The molecule has 0 aromatic heterocycles. The minimum absolute atomic E-state index is 0.0889. The summed E-state index contributed by atoms with van der Waals surface area (Å²) >= 11 is 0. The van der Waals surface area contributed by atoms with Crippen molar-refractivity contribution in [3.05, 3.63) is 35.4 Å². The van der Waals surface area contributed by atoms with Crippen LogP contribution in [0.2, 0.25) is 0 Å². The lowest BCUT2D eigenvalue weighted by molar-refractivity contribution is -0.0586. The molecular formula is C15H22N2O2. The lowest BCUT2D eigenvalue weighted by Gasteiger charge is -2.35. The third-order valence-corrected chi connectivity index (χ3v) is 3.37. The summed E-state index contributed by atoms with van der Waals surface area (Å²) in [6.45, 7) is 5.87. The number of nitrogens with zero attached hydrogens (tertiary/aromatic N) is 1. The number of benzene rings is 1. The van der Waals surface area contributed by atoms with Gasteiger partial charge in [-0.3, -0.25) is 4.79 Å². The Labute approximate surface area is 114 Å². The molecule has 1 heterocycles. The van der Waals surface area contributed by atoms with Gasteiger partial charge in [0.05, 0.1) is 12.2 Å². The van der Waals surface area contributed by atoms with Crippen molar-refractivity contribution in [2.45, 2.75) is 32.5 Å². The van der Waals surface area contributed by atoms with Crippen molar-refractivity contribution < 1.29 is 9.53 Å². The average Bonchev–Trinajstić information content (AvgIpc) is 2.38. The first-order valence-electron chi connectivity index (χ1n) is 6.84. The van der Waals surface area contributed by atoms with Gasteiger partial charge in [-0.25, -0.2) is 0 Å². The van der Waals surface area contributed by atoms with Crippen LogP contribution in [0.25, 0.3) is 0 Å². The Morgan fingerprint density at radius 3 is 2.58 bits per heavy atom. The van der Waals surface area contributed by atoms with E-state index in [1.165, 1.54) is 0 Å². The Balaban J connectivity index is 2.19. The molecule has 104 valence electrons. The zero-order valence-electron chi connectivity index (χ0n) is 11.6. The van der Waals surface area contributed by atoms with Gasteiger partial charge in [0.15, 0.2) is 0 Å². The van der Waals surface area contributed by atoms with E-state index in [1.54, 1.807) is 0 Å². The number of amides is 1. The molecule has 0 aliphatic carbocycles. The zero-order valence-corrected chi connectivity index (χ0v) is 11.6. The second-order valence-corrected chi connectivity index (χ2v) is 5.16. The molecule has 1 saturated heterocycles. The molecule has 2 atom stereocenters. The van der Waals surface area contributed by atoms with E-state index in [-0.39, 0.29) is 18.1 Å². The van der Waals surface area contributed by atoms with Gasteiger partial charge in [0, 0.05) is 18.7 Å². The van der Waals surface area contributed by atoms with Crippen LogP contribution in [0.5, 0.6) is 0 Å². The summed E-state index contributed by atoms with van der Waals surface area (Å²) in [6.07, 6.45) is 0.918. The van der Waals surface area contributed by atoms with Gasteiger partial charge in [0.1, 0.15) is 0 Å². The minimum atomic E-state index is 0.0889. The van der Waals surface area contributed by atoms with Crippen LogP contribution in [0.15, 0.2) is 24.3 Å². The third kappa shape index (κ3) is 3.33. The van der Waals surface area contributed by atoms with Crippen molar-refractivity contribution in [2.75, 3.05) is 19.6 Å². The van der Waals surface area contributed by atoms with Gasteiger partial charge in [-0.05, 0) is 38.4 Å². The normalized spacial score (nSPS) is 23.4. The minimum Gasteiger partial charge on any atom is -0.372 e. The van der Waals surface area contributed by atoms with E-state index in [4.69, 9.17) is 10.5 Å². The van der Waals surface area contributed by atoms with Crippen LogP contribution in [0.1, 0.15) is 29.8 Å². The summed E-state index contributed by atoms with van der Waals surface area (Å²) < 4.78 is 5.67. The molecule has 2 N–H and O–H groups in total. The molecule has 0 bridgehead atoms. The maximum absolute atomic E-state index is 12.6. The van der Waals surface area contributed by atoms with E-state index < -0.39 is 0 Å². The molecule has 4 heteroatoms. The van der Waals surface area contributed by atoms with Gasteiger partial charge < -0.3 is 15.4 Å². The highest BCUT2D eigenvalue weighted by atomic mass is 16.5. The number of hydrogen-bond donors (Lipinski definition) is 1. The summed E-state index contributed by atoms with van der Waals surface area (Å²) in [5.74, 6) is 0.0889. The SMILES string of the molecule is C[C@@H]1CN(C(=O)c2ccccc2CCN)C[C@H](C)O1. The average molecular weight is 262 g/mol. The molecule has 2 rings (SSSR count). The van der Waals surface area contributed by atoms with Crippen molar-refractivity contribution in [1.82, 2.24) is 4.90 Å². The second kappa shape index (κ2) is 6.17. The summed E-state index contributed by atoms with van der Waals surface area (Å²) in [6, 6.07) is 7.72. The van der Waals surface area contributed by atoms with Gasteiger partial charge in [-0.1, -0.05) is 18.2 Å². The molecule has 19 heavy (non-hydrogen) atoms. The van der Waals surface area contributed by atoms with Crippen molar-refractivity contribution in [3.63, 3.8) is 0 Å². The fourth-order valence-electron chi connectivity index (χ4n) is 2.62. The quantitative estimate of drug-likeness (QED) is 0.896. The highest BCUT2D eigenvalue weighted by molar-refractivity contribution is 5.95. The first kappa shape index (κ1) is 14.0. The van der Waals surface area contributed by atoms with Gasteiger partial charge >= 0.3 is 0 Å². The van der Waals surface area contributed by atoms with E-state index in [0.717, 1.165) is 17.5 Å². The maximum atomic E-state index is 12.6. The van der Waals surface area contributed by atoms with Gasteiger partial charge in [0.2, 0.25) is 0 Å². The van der Waals surface area contributed by atoms with Crippen LogP contribution in [-0.4, -0.2) is 42.6 Å². The molecule has 0 radical (unpaired) electrons. The Hall–Kier alpha value is -1.39. The Bertz CT molecular complexity index is 438. The van der Waals surface area contributed by atoms with Crippen LogP contribution in [-0.2, 0) is 11.2 Å². The molecule has 1 fully saturated rings. The summed E-state index contributed by atoms with van der Waals surface area (Å²) in [5, 5.41) is 0. The molecule has 0 spiro atoms. The predicted molar refractivity (Wildman–Crippen MR) is 75.1 cm³/mol. The molecule has 1 amide bonds. The first-order valence-corrected chi connectivity index (χ1v) is 6.84. The van der Waals surface area contributed by atoms with Gasteiger partial charge in [-0.15, -0.1) is 0 Å². The molecule has 1 aliphatic rings. The smallest absolute Gasteiger partial charge is 0.254 e. The number of morpholine rings is 1. The molecular weight excluding hydrogens is 240 g/mol. The number of nitrogens with two attached hydrogens (primary N) is 1. The standard InChI is InChI=1S/C15H22N2O2/c1-11-9-17(10-12(2)19-11)15(18)14-6-4-3-5-13(14)7-8-16/h3-6,11-12H,7-10,16H2,1-2H3/t11-,12+. The molecule has 4 nitrogen and oxygen atoms in total. The predicted octanol–water partition coefficient (Wildman–Crippen LogP) is 1.44. The second-order valence-electron chi connectivity index (χ2n) is 5.16. The van der Waals surface area contributed by atoms with Crippen LogP contribution in [0.4, 0.5) is 0 Å². The van der Waals surface area contributed by atoms with Crippen molar-refractivity contribution in [3.8, 4) is 0 Å². The zero-order chi connectivity index (χ0) is 13.8. The molecule has 1 aliphatic heterocycles. The van der Waals surface area contributed by atoms with Crippen LogP contribution < -0.4 is 5.73 Å². The van der Waals surface area contributed by atoms with Crippen LogP contribution in [0, 0.1) is 0 Å². The fourth-order valence-corrected chi connectivity index (χ4v) is 2.62. The first-order chi connectivity index (χ1) is 9.11. The number of rotatable bonds is 3. The van der Waals surface area contributed by atoms with E-state index in [2.05, 4.69) is 0 Å². The Morgan fingerprint density at radius 2 is 1.95 bits per heavy atom. The van der Waals surface area contributed by atoms with Crippen molar-refractivity contribution in [2.24, 2.45) is 5.73 Å². The summed E-state index contributed by atoms with van der Waals surface area (Å²) in [7, 11) is 0. The monoisotopic (exact) mass is 262 g/mol. The third-order valence-electron chi connectivity index (χ3n) is 3.37. The van der Waals surface area contributed by atoms with E-state index in [1.807, 2.05) is 43.0 Å². The largest absolute Gasteiger partial charge is 0.372 e. The Kier molecular flexibility index (Phi) is 4.56.